The van der Waals surface area contributed by atoms with Gasteiger partial charge >= 0.3 is 0 Å². The van der Waals surface area contributed by atoms with E-state index in [0.717, 1.165) is 30.8 Å². The summed E-state index contributed by atoms with van der Waals surface area (Å²) in [5, 5.41) is 9.21. The van der Waals surface area contributed by atoms with Crippen LogP contribution in [0.2, 0.25) is 0 Å². The van der Waals surface area contributed by atoms with Crippen molar-refractivity contribution in [3.05, 3.63) is 54.1 Å². The van der Waals surface area contributed by atoms with Crippen LogP contribution in [-0.4, -0.2) is 64.9 Å². The number of benzene rings is 2. The lowest BCUT2D eigenvalue weighted by Crippen LogP contribution is -2.61. The van der Waals surface area contributed by atoms with Crippen molar-refractivity contribution in [2.75, 3.05) is 25.4 Å². The van der Waals surface area contributed by atoms with Gasteiger partial charge in [0.1, 0.15) is 6.04 Å². The third kappa shape index (κ3) is 5.33. The molecule has 2 aromatic carbocycles. The molecule has 2 aromatic rings. The Morgan fingerprint density at radius 1 is 1.00 bits per heavy atom. The summed E-state index contributed by atoms with van der Waals surface area (Å²) in [7, 11) is -3.92. The van der Waals surface area contributed by atoms with Crippen molar-refractivity contribution in [3.8, 4) is 11.1 Å². The van der Waals surface area contributed by atoms with E-state index >= 15 is 0 Å². The number of hydrogen-bond donors (Lipinski definition) is 2. The standard InChI is InChI=1S/C25H33N3O4S2/c1-25(2)23(24(29)26-30)28(16-17-33-25)34(31,32)22-12-10-21(11-13-22)20-8-6-19(7-9-20)18-27-14-4-3-5-15-27/h6-13,23,30H,3-5,14-18H2,1-2H3,(H,26,29)/t23-/m0/s1. The van der Waals surface area contributed by atoms with Gasteiger partial charge in [0.2, 0.25) is 10.0 Å². The molecule has 1 amide bonds. The van der Waals surface area contributed by atoms with Gasteiger partial charge in [-0.25, -0.2) is 13.9 Å². The van der Waals surface area contributed by atoms with Crippen molar-refractivity contribution in [1.29, 1.82) is 0 Å². The van der Waals surface area contributed by atoms with Crippen molar-refractivity contribution < 1.29 is 18.4 Å². The number of carbonyl (C=O) groups is 1. The van der Waals surface area contributed by atoms with E-state index in [2.05, 4.69) is 29.2 Å². The number of likely N-dealkylation sites (tertiary alicyclic amines) is 1. The Morgan fingerprint density at radius 2 is 1.59 bits per heavy atom. The summed E-state index contributed by atoms with van der Waals surface area (Å²) in [4.78, 5) is 15.0. The van der Waals surface area contributed by atoms with Gasteiger partial charge < -0.3 is 0 Å². The quantitative estimate of drug-likeness (QED) is 0.461. The van der Waals surface area contributed by atoms with Crippen molar-refractivity contribution in [2.24, 2.45) is 0 Å². The average Bonchev–Trinajstić information content (AvgIpc) is 2.84. The van der Waals surface area contributed by atoms with Gasteiger partial charge in [-0.1, -0.05) is 42.8 Å². The molecular formula is C25H33N3O4S2. The van der Waals surface area contributed by atoms with Crippen LogP contribution in [0.25, 0.3) is 11.1 Å². The van der Waals surface area contributed by atoms with Gasteiger partial charge in [0.25, 0.3) is 5.91 Å². The lowest BCUT2D eigenvalue weighted by atomic mass is 10.0. The molecule has 2 N–H and O–H groups in total. The fourth-order valence-electron chi connectivity index (χ4n) is 4.85. The van der Waals surface area contributed by atoms with Gasteiger partial charge in [0.05, 0.1) is 4.90 Å². The van der Waals surface area contributed by atoms with E-state index < -0.39 is 26.7 Å². The maximum atomic E-state index is 13.4. The second-order valence-corrected chi connectivity index (χ2v) is 13.1. The van der Waals surface area contributed by atoms with E-state index in [1.165, 1.54) is 40.9 Å². The highest BCUT2D eigenvalue weighted by Crippen LogP contribution is 2.38. The lowest BCUT2D eigenvalue weighted by Gasteiger charge is -2.43. The van der Waals surface area contributed by atoms with Crippen molar-refractivity contribution in [1.82, 2.24) is 14.7 Å². The number of thioether (sulfide) groups is 1. The van der Waals surface area contributed by atoms with Gasteiger partial charge in [-0.3, -0.25) is 14.9 Å². The third-order valence-electron chi connectivity index (χ3n) is 6.69. The summed E-state index contributed by atoms with van der Waals surface area (Å²) >= 11 is 1.52. The Bertz CT molecular complexity index is 1100. The fraction of sp³-hybridized carbons (Fsp3) is 0.480. The Balaban J connectivity index is 1.51. The molecule has 0 aromatic heterocycles. The van der Waals surface area contributed by atoms with Crippen LogP contribution < -0.4 is 5.48 Å². The molecule has 0 radical (unpaired) electrons. The summed E-state index contributed by atoms with van der Waals surface area (Å²) in [6.45, 7) is 7.12. The van der Waals surface area contributed by atoms with E-state index in [-0.39, 0.29) is 11.4 Å². The Morgan fingerprint density at radius 3 is 2.18 bits per heavy atom. The van der Waals surface area contributed by atoms with Crippen LogP contribution in [0.5, 0.6) is 0 Å². The maximum absolute atomic E-state index is 13.4. The first kappa shape index (κ1) is 25.2. The molecule has 0 spiro atoms. The largest absolute Gasteiger partial charge is 0.299 e. The Labute approximate surface area is 206 Å². The van der Waals surface area contributed by atoms with Crippen molar-refractivity contribution >= 4 is 27.7 Å². The minimum absolute atomic E-state index is 0.136. The number of hydroxylamine groups is 1. The number of sulfonamides is 1. The molecule has 2 heterocycles. The highest BCUT2D eigenvalue weighted by molar-refractivity contribution is 8.00. The summed E-state index contributed by atoms with van der Waals surface area (Å²) in [5.41, 5.74) is 4.88. The lowest BCUT2D eigenvalue weighted by molar-refractivity contribution is -0.134. The zero-order valence-corrected chi connectivity index (χ0v) is 21.4. The number of nitrogens with zero attached hydrogens (tertiary/aromatic N) is 2. The van der Waals surface area contributed by atoms with E-state index in [0.29, 0.717) is 5.75 Å². The molecule has 0 saturated carbocycles. The minimum atomic E-state index is -3.92. The molecule has 34 heavy (non-hydrogen) atoms. The monoisotopic (exact) mass is 503 g/mol. The average molecular weight is 504 g/mol. The van der Waals surface area contributed by atoms with E-state index in [4.69, 9.17) is 0 Å². The van der Waals surface area contributed by atoms with Crippen LogP contribution in [0.4, 0.5) is 0 Å². The topological polar surface area (TPSA) is 90.0 Å². The summed E-state index contributed by atoms with van der Waals surface area (Å²) in [6, 6.07) is 14.2. The zero-order chi connectivity index (χ0) is 24.3. The first-order chi connectivity index (χ1) is 16.2. The second kappa shape index (κ2) is 10.4. The number of carbonyl (C=O) groups excluding carboxylic acids is 1. The van der Waals surface area contributed by atoms with Gasteiger partial charge in [0, 0.05) is 23.6 Å². The van der Waals surface area contributed by atoms with E-state index in [1.54, 1.807) is 29.7 Å². The summed E-state index contributed by atoms with van der Waals surface area (Å²) < 4.78 is 27.4. The van der Waals surface area contributed by atoms with Crippen molar-refractivity contribution in [3.63, 3.8) is 0 Å². The molecule has 2 saturated heterocycles. The molecule has 0 aliphatic carbocycles. The fourth-order valence-corrected chi connectivity index (χ4v) is 7.96. The number of rotatable bonds is 6. The Hall–Kier alpha value is -1.91. The molecule has 4 rings (SSSR count). The number of amides is 1. The highest BCUT2D eigenvalue weighted by Gasteiger charge is 2.48. The third-order valence-corrected chi connectivity index (χ3v) is 9.93. The SMILES string of the molecule is CC1(C)SCCN(S(=O)(=O)c2ccc(-c3ccc(CN4CCCCC4)cc3)cc2)[C@H]1C(=O)NO. The Kier molecular flexibility index (Phi) is 7.69. The van der Waals surface area contributed by atoms with Crippen LogP contribution >= 0.6 is 11.8 Å². The van der Waals surface area contributed by atoms with Gasteiger partial charge in [-0.2, -0.15) is 16.1 Å². The van der Waals surface area contributed by atoms with Crippen LogP contribution in [0, 0.1) is 0 Å². The molecular weight excluding hydrogens is 470 g/mol. The predicted octanol–water partition coefficient (Wildman–Crippen LogP) is 3.73. The number of nitrogens with one attached hydrogen (secondary N) is 1. The first-order valence-electron chi connectivity index (χ1n) is 11.7. The summed E-state index contributed by atoms with van der Waals surface area (Å²) in [6.07, 6.45) is 3.87. The van der Waals surface area contributed by atoms with Crippen LogP contribution in [-0.2, 0) is 21.4 Å². The normalized spacial score (nSPS) is 21.8. The van der Waals surface area contributed by atoms with Crippen LogP contribution in [0.15, 0.2) is 53.4 Å². The second-order valence-electron chi connectivity index (χ2n) is 9.50. The van der Waals surface area contributed by atoms with Crippen molar-refractivity contribution in [2.45, 2.75) is 55.3 Å². The van der Waals surface area contributed by atoms with E-state index in [1.807, 2.05) is 13.8 Å². The van der Waals surface area contributed by atoms with Gasteiger partial charge in [-0.15, -0.1) is 0 Å². The molecule has 1 atom stereocenters. The molecule has 2 fully saturated rings. The zero-order valence-electron chi connectivity index (χ0n) is 19.7. The molecule has 184 valence electrons. The molecule has 2 aliphatic heterocycles. The molecule has 0 unspecified atom stereocenters. The maximum Gasteiger partial charge on any atom is 0.263 e. The van der Waals surface area contributed by atoms with Gasteiger partial charge in [0.15, 0.2) is 0 Å². The molecule has 2 aliphatic rings. The molecule has 0 bridgehead atoms. The van der Waals surface area contributed by atoms with Gasteiger partial charge in [-0.05, 0) is 68.6 Å². The number of hydrogen-bond acceptors (Lipinski definition) is 6. The molecule has 9 heteroatoms. The smallest absolute Gasteiger partial charge is 0.263 e. The number of piperidine rings is 1. The predicted molar refractivity (Wildman–Crippen MR) is 135 cm³/mol. The van der Waals surface area contributed by atoms with E-state index in [9.17, 15) is 18.4 Å². The highest BCUT2D eigenvalue weighted by atomic mass is 32.2. The first-order valence-corrected chi connectivity index (χ1v) is 14.2. The van der Waals surface area contributed by atoms with Crippen LogP contribution in [0.3, 0.4) is 0 Å². The minimum Gasteiger partial charge on any atom is -0.299 e. The summed E-state index contributed by atoms with van der Waals surface area (Å²) in [5.74, 6) is -0.148. The van der Waals surface area contributed by atoms with Crippen LogP contribution in [0.1, 0.15) is 38.7 Å². The molecule has 7 nitrogen and oxygen atoms in total.